The zero-order valence-electron chi connectivity index (χ0n) is 14.6. The minimum Gasteiger partial charge on any atom is -0.497 e. The second kappa shape index (κ2) is 7.99. The molecule has 2 aromatic carbocycles. The maximum absolute atomic E-state index is 11.3. The quantitative estimate of drug-likeness (QED) is 0.367. The molecule has 0 aliphatic heterocycles. The number of methoxy groups -OCH3 is 1. The fourth-order valence-corrected chi connectivity index (χ4v) is 2.39. The van der Waals surface area contributed by atoms with Gasteiger partial charge in [0.15, 0.2) is 0 Å². The van der Waals surface area contributed by atoms with Crippen molar-refractivity contribution in [3.63, 3.8) is 0 Å². The smallest absolute Gasteiger partial charge is 0.284 e. The van der Waals surface area contributed by atoms with Gasteiger partial charge in [0.2, 0.25) is 0 Å². The van der Waals surface area contributed by atoms with Gasteiger partial charge in [-0.1, -0.05) is 0 Å². The molecule has 0 aliphatic rings. The monoisotopic (exact) mass is 382 g/mol. The lowest BCUT2D eigenvalue weighted by atomic mass is 10.1. The van der Waals surface area contributed by atoms with E-state index in [0.29, 0.717) is 28.5 Å². The van der Waals surface area contributed by atoms with Crippen molar-refractivity contribution in [3.05, 3.63) is 80.6 Å². The number of nitro groups is 2. The standard InChI is InChI=1S/C18H14N4O6/c1-27-14-6-8-16(17(10-14)22(25)26)18-9-7-15(28-18)11-19-20-12-2-4-13(5-3-12)21(23)24/h2-11,20H,1H3. The number of furan rings is 1. The van der Waals surface area contributed by atoms with Gasteiger partial charge in [-0.25, -0.2) is 0 Å². The third-order valence-corrected chi connectivity index (χ3v) is 3.76. The first-order valence-electron chi connectivity index (χ1n) is 7.94. The summed E-state index contributed by atoms with van der Waals surface area (Å²) in [4.78, 5) is 20.9. The van der Waals surface area contributed by atoms with Gasteiger partial charge in [-0.2, -0.15) is 5.10 Å². The molecule has 10 heteroatoms. The number of rotatable bonds is 7. The molecule has 1 N–H and O–H groups in total. The average molecular weight is 382 g/mol. The molecule has 142 valence electrons. The highest BCUT2D eigenvalue weighted by Gasteiger charge is 2.19. The molecule has 1 aromatic heterocycles. The Kier molecular flexibility index (Phi) is 5.30. The Hall–Kier alpha value is -4.21. The molecule has 0 radical (unpaired) electrons. The molecular formula is C18H14N4O6. The van der Waals surface area contributed by atoms with E-state index in [1.54, 1.807) is 24.3 Å². The molecule has 0 aliphatic carbocycles. The van der Waals surface area contributed by atoms with E-state index in [2.05, 4.69) is 10.5 Å². The fraction of sp³-hybridized carbons (Fsp3) is 0.0556. The topological polar surface area (TPSA) is 133 Å². The molecule has 1 heterocycles. The average Bonchev–Trinajstić information content (AvgIpc) is 3.16. The maximum Gasteiger partial charge on any atom is 0.284 e. The molecule has 3 rings (SSSR count). The summed E-state index contributed by atoms with van der Waals surface area (Å²) in [6, 6.07) is 13.4. The summed E-state index contributed by atoms with van der Waals surface area (Å²) in [7, 11) is 1.43. The van der Waals surface area contributed by atoms with E-state index >= 15 is 0 Å². The van der Waals surface area contributed by atoms with E-state index in [1.165, 1.54) is 43.7 Å². The molecule has 10 nitrogen and oxygen atoms in total. The van der Waals surface area contributed by atoms with Gasteiger partial charge in [0, 0.05) is 12.1 Å². The molecule has 3 aromatic rings. The van der Waals surface area contributed by atoms with Gasteiger partial charge in [0.05, 0.1) is 40.5 Å². The van der Waals surface area contributed by atoms with Crippen LogP contribution < -0.4 is 10.2 Å². The minimum atomic E-state index is -0.510. The number of nitrogens with zero attached hydrogens (tertiary/aromatic N) is 3. The van der Waals surface area contributed by atoms with Gasteiger partial charge in [-0.05, 0) is 36.4 Å². The molecule has 0 fully saturated rings. The summed E-state index contributed by atoms with van der Waals surface area (Å²) in [5.41, 5.74) is 3.42. The Labute approximate surface area is 158 Å². The highest BCUT2D eigenvalue weighted by Crippen LogP contribution is 2.33. The Morgan fingerprint density at radius 1 is 1.04 bits per heavy atom. The number of hydrazone groups is 1. The van der Waals surface area contributed by atoms with Gasteiger partial charge in [0.25, 0.3) is 11.4 Å². The second-order valence-corrected chi connectivity index (χ2v) is 5.52. The van der Waals surface area contributed by atoms with Crippen molar-refractivity contribution in [1.82, 2.24) is 0 Å². The first-order chi connectivity index (χ1) is 13.5. The zero-order chi connectivity index (χ0) is 20.1. The van der Waals surface area contributed by atoms with Crippen molar-refractivity contribution in [3.8, 4) is 17.1 Å². The van der Waals surface area contributed by atoms with Gasteiger partial charge >= 0.3 is 0 Å². The summed E-state index contributed by atoms with van der Waals surface area (Å²) < 4.78 is 10.6. The Balaban J connectivity index is 1.74. The van der Waals surface area contributed by atoms with Gasteiger partial charge in [-0.15, -0.1) is 0 Å². The number of hydrogen-bond donors (Lipinski definition) is 1. The molecule has 0 amide bonds. The predicted molar refractivity (Wildman–Crippen MR) is 102 cm³/mol. The van der Waals surface area contributed by atoms with Crippen molar-refractivity contribution >= 4 is 23.3 Å². The van der Waals surface area contributed by atoms with Crippen LogP contribution in [-0.4, -0.2) is 23.2 Å². The van der Waals surface area contributed by atoms with Crippen LogP contribution in [0, 0.1) is 20.2 Å². The maximum atomic E-state index is 11.3. The Morgan fingerprint density at radius 2 is 1.79 bits per heavy atom. The molecule has 0 unspecified atom stereocenters. The van der Waals surface area contributed by atoms with Crippen LogP contribution in [0.2, 0.25) is 0 Å². The van der Waals surface area contributed by atoms with Crippen LogP contribution in [-0.2, 0) is 0 Å². The minimum absolute atomic E-state index is 0.0220. The van der Waals surface area contributed by atoms with Crippen LogP contribution in [0.4, 0.5) is 17.1 Å². The number of anilines is 1. The summed E-state index contributed by atoms with van der Waals surface area (Å²) in [5.74, 6) is 1.05. The van der Waals surface area contributed by atoms with Crippen molar-refractivity contribution in [2.45, 2.75) is 0 Å². The van der Waals surface area contributed by atoms with Crippen molar-refractivity contribution in [2.24, 2.45) is 5.10 Å². The molecule has 0 spiro atoms. The fourth-order valence-electron chi connectivity index (χ4n) is 2.39. The molecule has 0 saturated carbocycles. The Morgan fingerprint density at radius 3 is 2.43 bits per heavy atom. The van der Waals surface area contributed by atoms with E-state index in [0.717, 1.165) is 0 Å². The van der Waals surface area contributed by atoms with Crippen LogP contribution in [0.15, 0.2) is 64.1 Å². The number of hydrogen-bond acceptors (Lipinski definition) is 8. The van der Waals surface area contributed by atoms with E-state index in [4.69, 9.17) is 9.15 Å². The number of nitrogens with one attached hydrogen (secondary N) is 1. The van der Waals surface area contributed by atoms with E-state index < -0.39 is 9.85 Å². The molecule has 0 atom stereocenters. The zero-order valence-corrected chi connectivity index (χ0v) is 14.6. The first-order valence-corrected chi connectivity index (χ1v) is 7.94. The lowest BCUT2D eigenvalue weighted by Crippen LogP contribution is -1.93. The van der Waals surface area contributed by atoms with Crippen molar-refractivity contribution < 1.29 is 19.0 Å². The predicted octanol–water partition coefficient (Wildman–Crippen LogP) is 4.22. The third-order valence-electron chi connectivity index (χ3n) is 3.76. The number of non-ortho nitro benzene ring substituents is 1. The van der Waals surface area contributed by atoms with Gasteiger partial charge in [-0.3, -0.25) is 25.7 Å². The van der Waals surface area contributed by atoms with Gasteiger partial charge in [0.1, 0.15) is 17.3 Å². The van der Waals surface area contributed by atoms with E-state index in [9.17, 15) is 20.2 Å². The number of ether oxygens (including phenoxy) is 1. The molecule has 28 heavy (non-hydrogen) atoms. The van der Waals surface area contributed by atoms with Crippen LogP contribution in [0.5, 0.6) is 5.75 Å². The third kappa shape index (κ3) is 4.12. The number of benzene rings is 2. The van der Waals surface area contributed by atoms with Crippen molar-refractivity contribution in [2.75, 3.05) is 12.5 Å². The molecule has 0 saturated heterocycles. The Bertz CT molecular complexity index is 1040. The van der Waals surface area contributed by atoms with E-state index in [1.807, 2.05) is 0 Å². The van der Waals surface area contributed by atoms with Crippen molar-refractivity contribution in [1.29, 1.82) is 0 Å². The highest BCUT2D eigenvalue weighted by molar-refractivity contribution is 5.79. The SMILES string of the molecule is COc1ccc(-c2ccc(C=NNc3ccc([N+](=O)[O-])cc3)o2)c([N+](=O)[O-])c1. The summed E-state index contributed by atoms with van der Waals surface area (Å²) in [5, 5.41) is 25.9. The van der Waals surface area contributed by atoms with Crippen LogP contribution in [0.1, 0.15) is 5.76 Å². The van der Waals surface area contributed by atoms with Gasteiger partial charge < -0.3 is 9.15 Å². The summed E-state index contributed by atoms with van der Waals surface area (Å²) in [6.45, 7) is 0. The lowest BCUT2D eigenvalue weighted by molar-refractivity contribution is -0.384. The normalized spacial score (nSPS) is 10.8. The lowest BCUT2D eigenvalue weighted by Gasteiger charge is -2.03. The first kappa shape index (κ1) is 18.6. The number of nitro benzene ring substituents is 2. The van der Waals surface area contributed by atoms with E-state index in [-0.39, 0.29) is 11.4 Å². The molecule has 0 bridgehead atoms. The molecular weight excluding hydrogens is 368 g/mol. The largest absolute Gasteiger partial charge is 0.497 e. The summed E-state index contributed by atoms with van der Waals surface area (Å²) in [6.07, 6.45) is 1.39. The van der Waals surface area contributed by atoms with Crippen LogP contribution >= 0.6 is 0 Å². The van der Waals surface area contributed by atoms with Crippen LogP contribution in [0.3, 0.4) is 0 Å². The van der Waals surface area contributed by atoms with Crippen LogP contribution in [0.25, 0.3) is 11.3 Å². The second-order valence-electron chi connectivity index (χ2n) is 5.52. The highest BCUT2D eigenvalue weighted by atomic mass is 16.6. The summed E-state index contributed by atoms with van der Waals surface area (Å²) >= 11 is 0.